The molecule has 0 aliphatic carbocycles. The number of unbranched alkanes of at least 4 members (excludes halogenated alkanes) is 1. The van der Waals surface area contributed by atoms with Gasteiger partial charge in [-0.1, -0.05) is 37.1 Å². The average Bonchev–Trinajstić information content (AvgIpc) is 2.66. The van der Waals surface area contributed by atoms with E-state index in [1.807, 2.05) is 35.2 Å². The minimum Gasteiger partial charge on any atom is -0.358 e. The van der Waals surface area contributed by atoms with Crippen LogP contribution < -0.4 is 11.1 Å². The first-order chi connectivity index (χ1) is 13.0. The summed E-state index contributed by atoms with van der Waals surface area (Å²) in [5.41, 5.74) is 7.58. The van der Waals surface area contributed by atoms with Crippen LogP contribution in [0.3, 0.4) is 0 Å². The number of benzene rings is 1. The van der Waals surface area contributed by atoms with Crippen LogP contribution in [0.25, 0.3) is 0 Å². The van der Waals surface area contributed by atoms with Gasteiger partial charge >= 0.3 is 0 Å². The van der Waals surface area contributed by atoms with Crippen molar-refractivity contribution in [3.63, 3.8) is 0 Å². The molecule has 0 saturated carbocycles. The Bertz CT molecular complexity index is 780. The lowest BCUT2D eigenvalue weighted by Crippen LogP contribution is -2.52. The van der Waals surface area contributed by atoms with Gasteiger partial charge < -0.3 is 16.0 Å². The number of Topliss-reactive ketones (excluding diaryl/α,β-unsaturated/α-hetero) is 1. The fourth-order valence-electron chi connectivity index (χ4n) is 3.12. The van der Waals surface area contributed by atoms with E-state index < -0.39 is 12.1 Å². The lowest BCUT2D eigenvalue weighted by Gasteiger charge is -2.39. The van der Waals surface area contributed by atoms with Crippen LogP contribution in [0.5, 0.6) is 0 Å². The quantitative estimate of drug-likeness (QED) is 0.662. The maximum Gasteiger partial charge on any atom is 0.252 e. The van der Waals surface area contributed by atoms with Crippen LogP contribution in [0.2, 0.25) is 5.02 Å². The summed E-state index contributed by atoms with van der Waals surface area (Å²) in [5, 5.41) is 3.61. The zero-order valence-corrected chi connectivity index (χ0v) is 18.1. The predicted octanol–water partition coefficient (Wildman–Crippen LogP) is 3.27. The maximum absolute atomic E-state index is 12.7. The molecule has 0 spiro atoms. The molecule has 28 heavy (non-hydrogen) atoms. The van der Waals surface area contributed by atoms with E-state index in [0.717, 1.165) is 23.3 Å². The van der Waals surface area contributed by atoms with Crippen molar-refractivity contribution in [2.45, 2.75) is 38.4 Å². The summed E-state index contributed by atoms with van der Waals surface area (Å²) in [4.78, 5) is 28.1. The van der Waals surface area contributed by atoms with Gasteiger partial charge in [-0.05, 0) is 30.2 Å². The number of hydrogen-bond donors (Lipinski definition) is 2. The third kappa shape index (κ3) is 5.32. The van der Waals surface area contributed by atoms with Crippen LogP contribution in [0.4, 0.5) is 0 Å². The number of ketones is 1. The molecule has 2 heterocycles. The number of carbonyl (C=O) groups is 2. The Morgan fingerprint density at radius 1 is 1.36 bits per heavy atom. The molecule has 0 radical (unpaired) electrons. The Balaban J connectivity index is 0.00000280. The van der Waals surface area contributed by atoms with Crippen molar-refractivity contribution in [2.75, 3.05) is 12.3 Å². The summed E-state index contributed by atoms with van der Waals surface area (Å²) in [6.45, 7) is 3.23. The molecule has 2 atom stereocenters. The minimum atomic E-state index is -0.488. The van der Waals surface area contributed by atoms with E-state index in [1.54, 1.807) is 18.0 Å². The van der Waals surface area contributed by atoms with E-state index in [9.17, 15) is 9.59 Å². The van der Waals surface area contributed by atoms with Gasteiger partial charge in [0.15, 0.2) is 5.78 Å². The largest absolute Gasteiger partial charge is 0.358 e. The number of rotatable bonds is 6. The molecule has 1 saturated heterocycles. The first-order valence-electron chi connectivity index (χ1n) is 9.13. The molecule has 1 aromatic rings. The third-order valence-corrected chi connectivity index (χ3v) is 6.08. The molecule has 5 nitrogen and oxygen atoms in total. The molecule has 1 amide bonds. The Morgan fingerprint density at radius 2 is 2.07 bits per heavy atom. The SMILES string of the molecule is CCCCNC(=O)C1=CN(Cc2ccc(Cl)cc2)C2C(=O)[C@@H](N)CSC2=C1.Cl. The topological polar surface area (TPSA) is 75.4 Å². The van der Waals surface area contributed by atoms with Crippen LogP contribution in [-0.2, 0) is 16.1 Å². The monoisotopic (exact) mass is 441 g/mol. The fourth-order valence-corrected chi connectivity index (χ4v) is 4.41. The molecule has 0 aromatic heterocycles. The summed E-state index contributed by atoms with van der Waals surface area (Å²) in [6, 6.07) is 6.58. The Labute approximate surface area is 181 Å². The van der Waals surface area contributed by atoms with Gasteiger partial charge in [0.25, 0.3) is 5.91 Å². The second-order valence-corrected chi connectivity index (χ2v) is 8.29. The number of nitrogens with zero attached hydrogens (tertiary/aromatic N) is 1. The van der Waals surface area contributed by atoms with Crippen LogP contribution >= 0.6 is 35.8 Å². The Hall–Kier alpha value is -1.47. The zero-order chi connectivity index (χ0) is 19.4. The van der Waals surface area contributed by atoms with Crippen molar-refractivity contribution in [1.29, 1.82) is 0 Å². The highest BCUT2D eigenvalue weighted by molar-refractivity contribution is 8.03. The molecule has 3 N–H and O–H groups in total. The van der Waals surface area contributed by atoms with Crippen molar-refractivity contribution in [1.82, 2.24) is 10.2 Å². The molecule has 1 fully saturated rings. The summed E-state index contributed by atoms with van der Waals surface area (Å²) in [7, 11) is 0. The molecular weight excluding hydrogens is 417 g/mol. The highest BCUT2D eigenvalue weighted by Crippen LogP contribution is 2.35. The fraction of sp³-hybridized carbons (Fsp3) is 0.400. The second-order valence-electron chi connectivity index (χ2n) is 6.76. The van der Waals surface area contributed by atoms with Crippen LogP contribution in [-0.4, -0.2) is 41.0 Å². The van der Waals surface area contributed by atoms with Gasteiger partial charge in [0, 0.05) is 35.0 Å². The van der Waals surface area contributed by atoms with Gasteiger partial charge in [0.2, 0.25) is 0 Å². The number of halogens is 2. The van der Waals surface area contributed by atoms with Gasteiger partial charge in [0.1, 0.15) is 6.04 Å². The van der Waals surface area contributed by atoms with Gasteiger partial charge in [-0.2, -0.15) is 0 Å². The normalized spacial score (nSPS) is 21.2. The zero-order valence-electron chi connectivity index (χ0n) is 15.7. The van der Waals surface area contributed by atoms with Crippen molar-refractivity contribution in [3.8, 4) is 0 Å². The van der Waals surface area contributed by atoms with E-state index in [1.165, 1.54) is 0 Å². The predicted molar refractivity (Wildman–Crippen MR) is 118 cm³/mol. The number of amides is 1. The van der Waals surface area contributed by atoms with E-state index in [4.69, 9.17) is 17.3 Å². The minimum absolute atomic E-state index is 0. The maximum atomic E-state index is 12.7. The molecule has 2 aliphatic heterocycles. The lowest BCUT2D eigenvalue weighted by molar-refractivity contribution is -0.123. The Morgan fingerprint density at radius 3 is 2.75 bits per heavy atom. The van der Waals surface area contributed by atoms with Crippen molar-refractivity contribution in [2.24, 2.45) is 5.73 Å². The average molecular weight is 442 g/mol. The molecule has 1 unspecified atom stereocenters. The number of nitrogens with one attached hydrogen (secondary N) is 1. The van der Waals surface area contributed by atoms with E-state index in [2.05, 4.69) is 12.2 Å². The van der Waals surface area contributed by atoms with Crippen LogP contribution in [0, 0.1) is 0 Å². The Kier molecular flexibility index (Phi) is 8.43. The highest BCUT2D eigenvalue weighted by atomic mass is 35.5. The van der Waals surface area contributed by atoms with Gasteiger partial charge in [-0.3, -0.25) is 9.59 Å². The van der Waals surface area contributed by atoms with Gasteiger partial charge in [-0.25, -0.2) is 0 Å². The summed E-state index contributed by atoms with van der Waals surface area (Å²) in [5.74, 6) is 0.426. The molecule has 8 heteroatoms. The number of nitrogens with two attached hydrogens (primary N) is 1. The number of carbonyl (C=O) groups excluding carboxylic acids is 2. The molecule has 1 aromatic carbocycles. The highest BCUT2D eigenvalue weighted by Gasteiger charge is 2.39. The van der Waals surface area contributed by atoms with Crippen LogP contribution in [0.15, 0.2) is 47.0 Å². The third-order valence-electron chi connectivity index (χ3n) is 4.62. The molecular formula is C20H25Cl2N3O2S. The second kappa shape index (κ2) is 10.3. The lowest BCUT2D eigenvalue weighted by atomic mass is 9.98. The number of hydrogen-bond acceptors (Lipinski definition) is 5. The summed E-state index contributed by atoms with van der Waals surface area (Å²) >= 11 is 7.53. The van der Waals surface area contributed by atoms with E-state index in [0.29, 0.717) is 29.4 Å². The van der Waals surface area contributed by atoms with Gasteiger partial charge in [0.05, 0.1) is 11.6 Å². The van der Waals surface area contributed by atoms with Gasteiger partial charge in [-0.15, -0.1) is 24.2 Å². The van der Waals surface area contributed by atoms with E-state index >= 15 is 0 Å². The first kappa shape index (κ1) is 22.8. The first-order valence-corrected chi connectivity index (χ1v) is 10.5. The summed E-state index contributed by atoms with van der Waals surface area (Å²) < 4.78 is 0. The number of fused-ring (bicyclic) bond motifs is 1. The molecule has 152 valence electrons. The molecule has 2 aliphatic rings. The molecule has 0 bridgehead atoms. The van der Waals surface area contributed by atoms with Crippen molar-refractivity contribution in [3.05, 3.63) is 57.6 Å². The molecule has 3 rings (SSSR count). The van der Waals surface area contributed by atoms with Crippen LogP contribution in [0.1, 0.15) is 25.3 Å². The van der Waals surface area contributed by atoms with Crippen molar-refractivity contribution >= 4 is 47.5 Å². The van der Waals surface area contributed by atoms with E-state index in [-0.39, 0.29) is 24.1 Å². The standard InChI is InChI=1S/C20H24ClN3O2S.ClH/c1-2-3-8-23-20(26)14-9-17-18(19(25)16(22)12-27-17)24(11-14)10-13-4-6-15(21)7-5-13;/h4-7,9,11,16,18H,2-3,8,10,12,22H2,1H3,(H,23,26);1H/t16-,18?;/m0./s1. The van der Waals surface area contributed by atoms with Crippen molar-refractivity contribution < 1.29 is 9.59 Å². The summed E-state index contributed by atoms with van der Waals surface area (Å²) in [6.07, 6.45) is 5.57. The number of thioether (sulfide) groups is 1. The smallest absolute Gasteiger partial charge is 0.252 e.